The van der Waals surface area contributed by atoms with E-state index in [0.29, 0.717) is 17.5 Å². The van der Waals surface area contributed by atoms with E-state index in [2.05, 4.69) is 14.7 Å². The van der Waals surface area contributed by atoms with Gasteiger partial charge in [-0.15, -0.1) is 0 Å². The van der Waals surface area contributed by atoms with E-state index in [0.717, 1.165) is 0 Å². The van der Waals surface area contributed by atoms with Crippen LogP contribution < -0.4 is 0 Å². The largest absolute Gasteiger partial charge is 0.465 e. The molecule has 0 saturated heterocycles. The Labute approximate surface area is 80.9 Å². The fourth-order valence-corrected chi connectivity index (χ4v) is 0.886. The van der Waals surface area contributed by atoms with Crippen LogP contribution in [0.25, 0.3) is 0 Å². The minimum atomic E-state index is -0.433. The van der Waals surface area contributed by atoms with E-state index < -0.39 is 5.97 Å². The Morgan fingerprint density at radius 1 is 1.69 bits per heavy atom. The summed E-state index contributed by atoms with van der Waals surface area (Å²) in [5, 5.41) is 0.297. The molecule has 0 atom stereocenters. The van der Waals surface area contributed by atoms with Crippen LogP contribution in [0.2, 0.25) is 5.15 Å². The van der Waals surface area contributed by atoms with Crippen molar-refractivity contribution in [2.75, 3.05) is 6.61 Å². The second-order valence-electron chi connectivity index (χ2n) is 2.16. The molecule has 0 saturated carbocycles. The van der Waals surface area contributed by atoms with E-state index in [9.17, 15) is 4.79 Å². The number of nitrogens with zero attached hydrogens (tertiary/aromatic N) is 2. The first-order valence-electron chi connectivity index (χ1n) is 3.71. The van der Waals surface area contributed by atoms with Crippen molar-refractivity contribution in [1.82, 2.24) is 9.97 Å². The molecule has 1 rings (SSSR count). The molecule has 1 radical (unpaired) electrons. The number of carbonyl (C=O) groups excluding carboxylic acids is 1. The Hall–Kier alpha value is -1.16. The molecule has 0 aliphatic heterocycles. The number of hydrogen-bond donors (Lipinski definition) is 0. The fourth-order valence-electron chi connectivity index (χ4n) is 0.731. The third-order valence-corrected chi connectivity index (χ3v) is 1.41. The molecular formula is C8H8ClN2O2. The summed E-state index contributed by atoms with van der Waals surface area (Å²) in [5.41, 5.74) is 0.443. The van der Waals surface area contributed by atoms with Gasteiger partial charge in [-0.2, -0.15) is 0 Å². The molecule has 4 nitrogen and oxygen atoms in total. The van der Waals surface area contributed by atoms with Crippen LogP contribution in [0, 0.1) is 6.42 Å². The van der Waals surface area contributed by atoms with Gasteiger partial charge in [-0.1, -0.05) is 11.6 Å². The first-order chi connectivity index (χ1) is 6.22. The molecule has 1 aromatic heterocycles. The summed E-state index contributed by atoms with van der Waals surface area (Å²) in [7, 11) is 0. The third kappa shape index (κ3) is 3.38. The summed E-state index contributed by atoms with van der Waals surface area (Å²) < 4.78 is 4.69. The number of ether oxygens (including phenoxy) is 1. The quantitative estimate of drug-likeness (QED) is 0.543. The van der Waals surface area contributed by atoms with Crippen LogP contribution in [0.15, 0.2) is 12.4 Å². The van der Waals surface area contributed by atoms with Crippen molar-refractivity contribution in [2.24, 2.45) is 0 Å². The van der Waals surface area contributed by atoms with E-state index in [1.165, 1.54) is 18.8 Å². The molecule has 69 valence electrons. The zero-order valence-corrected chi connectivity index (χ0v) is 7.78. The van der Waals surface area contributed by atoms with Crippen molar-refractivity contribution in [3.05, 3.63) is 29.7 Å². The summed E-state index contributed by atoms with van der Waals surface area (Å²) in [4.78, 5) is 18.4. The van der Waals surface area contributed by atoms with Gasteiger partial charge in [0, 0.05) is 0 Å². The van der Waals surface area contributed by atoms with Crippen molar-refractivity contribution < 1.29 is 9.53 Å². The predicted octanol–water partition coefficient (Wildman–Crippen LogP) is 1.25. The average Bonchev–Trinajstić information content (AvgIpc) is 2.04. The summed E-state index contributed by atoms with van der Waals surface area (Å²) in [5.74, 6) is -0.433. The summed E-state index contributed by atoms with van der Waals surface area (Å²) in [6, 6.07) is 1.48. The van der Waals surface area contributed by atoms with Crippen LogP contribution in [-0.4, -0.2) is 22.5 Å². The van der Waals surface area contributed by atoms with E-state index in [1.54, 1.807) is 6.92 Å². The van der Waals surface area contributed by atoms with E-state index in [-0.39, 0.29) is 0 Å². The topological polar surface area (TPSA) is 52.1 Å². The highest BCUT2D eigenvalue weighted by molar-refractivity contribution is 6.29. The van der Waals surface area contributed by atoms with Gasteiger partial charge in [-0.25, -0.2) is 9.97 Å². The van der Waals surface area contributed by atoms with Crippen LogP contribution in [0.5, 0.6) is 0 Å². The molecule has 0 aromatic carbocycles. The van der Waals surface area contributed by atoms with Gasteiger partial charge in [0.05, 0.1) is 12.3 Å². The third-order valence-electron chi connectivity index (χ3n) is 1.21. The van der Waals surface area contributed by atoms with Crippen molar-refractivity contribution in [1.29, 1.82) is 0 Å². The maximum Gasteiger partial charge on any atom is 0.316 e. The lowest BCUT2D eigenvalue weighted by Crippen LogP contribution is -2.06. The molecule has 1 aromatic rings. The van der Waals surface area contributed by atoms with Gasteiger partial charge in [0.15, 0.2) is 0 Å². The van der Waals surface area contributed by atoms with Crippen LogP contribution in [-0.2, 0) is 9.53 Å². The van der Waals surface area contributed by atoms with Gasteiger partial charge < -0.3 is 4.74 Å². The molecule has 1 heterocycles. The Morgan fingerprint density at radius 3 is 3.08 bits per heavy atom. The van der Waals surface area contributed by atoms with Gasteiger partial charge in [0.1, 0.15) is 17.9 Å². The standard InChI is InChI=1S/C8H8ClN2O2/c1-2-13-8(12)4-6-3-7(9)11-5-10-6/h3-5H,2H2,1H3. The average molecular weight is 200 g/mol. The zero-order chi connectivity index (χ0) is 9.68. The van der Waals surface area contributed by atoms with Crippen molar-refractivity contribution in [3.8, 4) is 0 Å². The number of halogens is 1. The monoisotopic (exact) mass is 199 g/mol. The number of carbonyl (C=O) groups is 1. The van der Waals surface area contributed by atoms with Gasteiger partial charge in [-0.3, -0.25) is 4.79 Å². The van der Waals surface area contributed by atoms with E-state index >= 15 is 0 Å². The van der Waals surface area contributed by atoms with Crippen LogP contribution >= 0.6 is 11.6 Å². The van der Waals surface area contributed by atoms with Gasteiger partial charge in [0.2, 0.25) is 0 Å². The van der Waals surface area contributed by atoms with Gasteiger partial charge in [0.25, 0.3) is 0 Å². The first-order valence-corrected chi connectivity index (χ1v) is 4.09. The molecule has 0 unspecified atom stereocenters. The smallest absolute Gasteiger partial charge is 0.316 e. The number of hydrogen-bond acceptors (Lipinski definition) is 4. The molecular weight excluding hydrogens is 192 g/mol. The lowest BCUT2D eigenvalue weighted by Gasteiger charge is -1.99. The molecule has 0 amide bonds. The highest BCUT2D eigenvalue weighted by Crippen LogP contribution is 2.06. The first kappa shape index (κ1) is 9.92. The Kier molecular flexibility index (Phi) is 3.64. The SMILES string of the molecule is CCOC(=O)[CH]c1cc(Cl)ncn1. The normalized spacial score (nSPS) is 9.69. The molecule has 0 bridgehead atoms. The Morgan fingerprint density at radius 2 is 2.46 bits per heavy atom. The minimum Gasteiger partial charge on any atom is -0.465 e. The fraction of sp³-hybridized carbons (Fsp3) is 0.250. The zero-order valence-electron chi connectivity index (χ0n) is 7.03. The molecule has 0 aliphatic carbocycles. The van der Waals surface area contributed by atoms with Crippen LogP contribution in [0.1, 0.15) is 12.6 Å². The van der Waals surface area contributed by atoms with Crippen molar-refractivity contribution in [2.45, 2.75) is 6.92 Å². The van der Waals surface area contributed by atoms with Crippen molar-refractivity contribution >= 4 is 17.6 Å². The van der Waals surface area contributed by atoms with E-state index in [4.69, 9.17) is 11.6 Å². The second kappa shape index (κ2) is 4.77. The number of aromatic nitrogens is 2. The lowest BCUT2D eigenvalue weighted by molar-refractivity contribution is -0.138. The molecule has 5 heteroatoms. The van der Waals surface area contributed by atoms with Crippen molar-refractivity contribution in [3.63, 3.8) is 0 Å². The Bertz CT molecular complexity index is 304. The molecule has 13 heavy (non-hydrogen) atoms. The van der Waals surface area contributed by atoms with Gasteiger partial charge in [-0.05, 0) is 13.0 Å². The van der Waals surface area contributed by atoms with Gasteiger partial charge >= 0.3 is 5.97 Å². The summed E-state index contributed by atoms with van der Waals surface area (Å²) in [6.45, 7) is 2.08. The second-order valence-corrected chi connectivity index (χ2v) is 2.55. The number of esters is 1. The Balaban J connectivity index is 2.58. The minimum absolute atomic E-state index is 0.297. The van der Waals surface area contributed by atoms with Crippen LogP contribution in [0.4, 0.5) is 0 Å². The molecule has 0 spiro atoms. The predicted molar refractivity (Wildman–Crippen MR) is 47.1 cm³/mol. The molecule has 0 aliphatic rings. The molecule has 0 N–H and O–H groups in total. The molecule has 0 fully saturated rings. The highest BCUT2D eigenvalue weighted by atomic mass is 35.5. The van der Waals surface area contributed by atoms with Crippen LogP contribution in [0.3, 0.4) is 0 Å². The summed E-state index contributed by atoms with van der Waals surface area (Å²) in [6.07, 6.45) is 2.55. The maximum absolute atomic E-state index is 10.9. The summed E-state index contributed by atoms with van der Waals surface area (Å²) >= 11 is 5.58. The number of rotatable bonds is 3. The lowest BCUT2D eigenvalue weighted by atomic mass is 10.3. The highest BCUT2D eigenvalue weighted by Gasteiger charge is 2.06. The maximum atomic E-state index is 10.9. The van der Waals surface area contributed by atoms with E-state index in [1.807, 2.05) is 0 Å².